The Balaban J connectivity index is 1.99. The number of nitrogens with zero attached hydrogens (tertiary/aromatic N) is 5. The van der Waals surface area contributed by atoms with E-state index in [4.69, 9.17) is 5.26 Å². The van der Waals surface area contributed by atoms with E-state index >= 15 is 0 Å². The predicted octanol–water partition coefficient (Wildman–Crippen LogP) is 2.23. The number of nitrogens with one attached hydrogen (secondary N) is 1. The quantitative estimate of drug-likeness (QED) is 0.917. The van der Waals surface area contributed by atoms with Crippen molar-refractivity contribution < 1.29 is 0 Å². The molecule has 1 aliphatic carbocycles. The zero-order chi connectivity index (χ0) is 13.4. The molecule has 0 amide bonds. The minimum Gasteiger partial charge on any atom is -0.365 e. The molecule has 2 heterocycles. The van der Waals surface area contributed by atoms with Crippen LogP contribution in [-0.4, -0.2) is 25.8 Å². The van der Waals surface area contributed by atoms with Crippen molar-refractivity contribution in [3.05, 3.63) is 10.9 Å². The molecule has 0 spiro atoms. The van der Waals surface area contributed by atoms with Crippen molar-refractivity contribution in [1.29, 1.82) is 5.26 Å². The molecule has 2 aromatic heterocycles. The molecule has 7 heteroatoms. The van der Waals surface area contributed by atoms with Gasteiger partial charge in [0, 0.05) is 13.1 Å². The second-order valence-electron chi connectivity index (χ2n) is 4.75. The Bertz CT molecular complexity index is 658. The van der Waals surface area contributed by atoms with Crippen LogP contribution in [0.4, 0.5) is 5.82 Å². The summed E-state index contributed by atoms with van der Waals surface area (Å²) < 4.78 is 2.43. The van der Waals surface area contributed by atoms with Crippen LogP contribution in [0, 0.1) is 17.2 Å². The third-order valence-corrected chi connectivity index (χ3v) is 4.14. The van der Waals surface area contributed by atoms with Gasteiger partial charge < -0.3 is 5.32 Å². The summed E-state index contributed by atoms with van der Waals surface area (Å²) in [4.78, 5) is 8.53. The third-order valence-electron chi connectivity index (χ3n) is 3.58. The Morgan fingerprint density at radius 2 is 2.32 bits per heavy atom. The van der Waals surface area contributed by atoms with Crippen LogP contribution in [-0.2, 0) is 7.05 Å². The highest BCUT2D eigenvalue weighted by atomic mass is 79.9. The van der Waals surface area contributed by atoms with Gasteiger partial charge in [0.2, 0.25) is 0 Å². The number of rotatable bonds is 2. The second kappa shape index (κ2) is 4.78. The summed E-state index contributed by atoms with van der Waals surface area (Å²) in [6.07, 6.45) is 4.56. The van der Waals surface area contributed by atoms with Crippen molar-refractivity contribution in [1.82, 2.24) is 19.7 Å². The molecule has 19 heavy (non-hydrogen) atoms. The highest BCUT2D eigenvalue weighted by Crippen LogP contribution is 2.31. The maximum atomic E-state index is 9.14. The van der Waals surface area contributed by atoms with E-state index in [2.05, 4.69) is 42.4 Å². The van der Waals surface area contributed by atoms with Crippen LogP contribution in [0.15, 0.2) is 10.9 Å². The fraction of sp³-hybridized carbons (Fsp3) is 0.500. The Morgan fingerprint density at radius 1 is 1.47 bits per heavy atom. The highest BCUT2D eigenvalue weighted by Gasteiger charge is 2.28. The number of anilines is 1. The van der Waals surface area contributed by atoms with Crippen LogP contribution >= 0.6 is 15.9 Å². The fourth-order valence-electron chi connectivity index (χ4n) is 2.61. The monoisotopic (exact) mass is 320 g/mol. The number of fused-ring (bicyclic) bond motifs is 1. The lowest BCUT2D eigenvalue weighted by atomic mass is 10.1. The number of halogens is 1. The molecule has 0 bridgehead atoms. The van der Waals surface area contributed by atoms with Gasteiger partial charge in [-0.25, -0.2) is 14.6 Å². The molecule has 1 saturated carbocycles. The molecular formula is C12H13BrN6. The van der Waals surface area contributed by atoms with Gasteiger partial charge in [0.15, 0.2) is 5.65 Å². The second-order valence-corrected chi connectivity index (χ2v) is 5.50. The van der Waals surface area contributed by atoms with Crippen molar-refractivity contribution in [2.75, 3.05) is 5.32 Å². The Labute approximate surface area is 119 Å². The van der Waals surface area contributed by atoms with Gasteiger partial charge in [-0.05, 0) is 35.2 Å². The Hall–Kier alpha value is -1.68. The van der Waals surface area contributed by atoms with Crippen molar-refractivity contribution in [3.63, 3.8) is 0 Å². The van der Waals surface area contributed by atoms with Crippen LogP contribution in [0.25, 0.3) is 11.0 Å². The van der Waals surface area contributed by atoms with E-state index in [0.717, 1.165) is 40.7 Å². The maximum Gasteiger partial charge on any atom is 0.164 e. The molecule has 1 fully saturated rings. The molecule has 1 aliphatic rings. The van der Waals surface area contributed by atoms with Crippen LogP contribution in [0.2, 0.25) is 0 Å². The average Bonchev–Trinajstić information content (AvgIpc) is 2.96. The van der Waals surface area contributed by atoms with Gasteiger partial charge in [0.25, 0.3) is 0 Å². The summed E-state index contributed by atoms with van der Waals surface area (Å²) in [5.41, 5.74) is 0.774. The minimum absolute atomic E-state index is 0.0560. The first-order valence-corrected chi connectivity index (χ1v) is 6.99. The van der Waals surface area contributed by atoms with E-state index in [-0.39, 0.29) is 12.0 Å². The SMILES string of the molecule is Cn1nc(Br)c2c(N[C@H]3CCC[C@H]3C#N)ncnc21. The van der Waals surface area contributed by atoms with Gasteiger partial charge in [-0.2, -0.15) is 10.4 Å². The first-order chi connectivity index (χ1) is 9.20. The van der Waals surface area contributed by atoms with Crippen LogP contribution in [0.1, 0.15) is 19.3 Å². The topological polar surface area (TPSA) is 79.4 Å². The molecule has 2 aromatic rings. The zero-order valence-corrected chi connectivity index (χ0v) is 12.1. The number of hydrogen-bond acceptors (Lipinski definition) is 5. The summed E-state index contributed by atoms with van der Waals surface area (Å²) in [5, 5.41) is 17.7. The van der Waals surface area contributed by atoms with E-state index in [1.54, 1.807) is 4.68 Å². The number of hydrogen-bond donors (Lipinski definition) is 1. The van der Waals surface area contributed by atoms with E-state index in [9.17, 15) is 0 Å². The van der Waals surface area contributed by atoms with Crippen molar-refractivity contribution in [3.8, 4) is 6.07 Å². The zero-order valence-electron chi connectivity index (χ0n) is 10.5. The van der Waals surface area contributed by atoms with E-state index in [1.165, 1.54) is 6.33 Å². The average molecular weight is 321 g/mol. The van der Waals surface area contributed by atoms with Gasteiger partial charge >= 0.3 is 0 Å². The molecule has 0 saturated heterocycles. The number of nitriles is 1. The normalized spacial score (nSPS) is 22.6. The first kappa shape index (κ1) is 12.4. The molecule has 3 rings (SSSR count). The van der Waals surface area contributed by atoms with Crippen LogP contribution in [0.5, 0.6) is 0 Å². The lowest BCUT2D eigenvalue weighted by molar-refractivity contribution is 0.628. The summed E-state index contributed by atoms with van der Waals surface area (Å²) in [5.74, 6) is 0.803. The van der Waals surface area contributed by atoms with Crippen LogP contribution in [0.3, 0.4) is 0 Å². The molecule has 6 nitrogen and oxygen atoms in total. The smallest absolute Gasteiger partial charge is 0.164 e. The molecule has 0 radical (unpaired) electrons. The predicted molar refractivity (Wildman–Crippen MR) is 74.4 cm³/mol. The van der Waals surface area contributed by atoms with Gasteiger partial charge in [-0.1, -0.05) is 0 Å². The van der Waals surface area contributed by atoms with Crippen molar-refractivity contribution >= 4 is 32.8 Å². The maximum absolute atomic E-state index is 9.14. The minimum atomic E-state index is 0.0560. The number of aryl methyl sites for hydroxylation is 1. The van der Waals surface area contributed by atoms with E-state index < -0.39 is 0 Å². The largest absolute Gasteiger partial charge is 0.365 e. The first-order valence-electron chi connectivity index (χ1n) is 6.20. The lowest BCUT2D eigenvalue weighted by Gasteiger charge is -2.16. The molecule has 98 valence electrons. The standard InChI is InChI=1S/C12H13BrN6/c1-19-12-9(10(13)18-19)11(15-6-16-12)17-8-4-2-3-7(8)5-14/h6-8H,2-4H2,1H3,(H,15,16,17)/t7-,8-/m0/s1. The summed E-state index contributed by atoms with van der Waals surface area (Å²) in [6, 6.07) is 2.53. The Kier molecular flexibility index (Phi) is 3.11. The molecular weight excluding hydrogens is 308 g/mol. The van der Waals surface area contributed by atoms with Crippen molar-refractivity contribution in [2.24, 2.45) is 13.0 Å². The molecule has 2 atom stereocenters. The summed E-state index contributed by atoms with van der Waals surface area (Å²) in [6.45, 7) is 0. The van der Waals surface area contributed by atoms with E-state index in [0.29, 0.717) is 0 Å². The molecule has 0 aromatic carbocycles. The van der Waals surface area contributed by atoms with Crippen LogP contribution < -0.4 is 5.32 Å². The lowest BCUT2D eigenvalue weighted by Crippen LogP contribution is -2.23. The van der Waals surface area contributed by atoms with Gasteiger partial charge in [0.05, 0.1) is 17.4 Å². The van der Waals surface area contributed by atoms with Gasteiger partial charge in [-0.15, -0.1) is 0 Å². The van der Waals surface area contributed by atoms with E-state index in [1.807, 2.05) is 7.05 Å². The third kappa shape index (κ3) is 2.06. The van der Waals surface area contributed by atoms with Gasteiger partial charge in [-0.3, -0.25) is 0 Å². The number of aromatic nitrogens is 4. The molecule has 0 unspecified atom stereocenters. The van der Waals surface area contributed by atoms with Gasteiger partial charge in [0.1, 0.15) is 16.7 Å². The van der Waals surface area contributed by atoms with Crippen molar-refractivity contribution in [2.45, 2.75) is 25.3 Å². The fourth-order valence-corrected chi connectivity index (χ4v) is 3.22. The molecule has 0 aliphatic heterocycles. The summed E-state index contributed by atoms with van der Waals surface area (Å²) in [7, 11) is 1.84. The Morgan fingerprint density at radius 3 is 3.11 bits per heavy atom. The highest BCUT2D eigenvalue weighted by molar-refractivity contribution is 9.10. The molecule has 1 N–H and O–H groups in total. The summed E-state index contributed by atoms with van der Waals surface area (Å²) >= 11 is 3.43.